The van der Waals surface area contributed by atoms with Gasteiger partial charge in [0.15, 0.2) is 0 Å². The topological polar surface area (TPSA) is 29.3 Å². The van der Waals surface area contributed by atoms with Crippen LogP contribution in [0.25, 0.3) is 0 Å². The Labute approximate surface area is 113 Å². The van der Waals surface area contributed by atoms with Crippen molar-refractivity contribution in [3.63, 3.8) is 0 Å². The highest BCUT2D eigenvalue weighted by Crippen LogP contribution is 2.48. The van der Waals surface area contributed by atoms with Gasteiger partial charge in [0.1, 0.15) is 0 Å². The van der Waals surface area contributed by atoms with Crippen molar-refractivity contribution in [1.82, 2.24) is 4.90 Å². The summed E-state index contributed by atoms with van der Waals surface area (Å²) in [7, 11) is 0. The number of hydrogen-bond acceptors (Lipinski definition) is 2. The van der Waals surface area contributed by atoms with Gasteiger partial charge in [-0.15, -0.1) is 0 Å². The smallest absolute Gasteiger partial charge is 0.0360 e. The molecule has 2 aliphatic rings. The third-order valence-corrected chi connectivity index (χ3v) is 6.28. The SMILES string of the molecule is CCN1CCC(N)C12CCC(C(C)(C)CC)CC2. The quantitative estimate of drug-likeness (QED) is 0.834. The molecule has 1 aliphatic heterocycles. The first-order valence-electron chi connectivity index (χ1n) is 7.97. The highest BCUT2D eigenvalue weighted by Gasteiger charge is 2.49. The molecule has 1 saturated heterocycles. The summed E-state index contributed by atoms with van der Waals surface area (Å²) in [6.07, 6.45) is 7.92. The first-order valence-corrected chi connectivity index (χ1v) is 7.97. The zero-order valence-electron chi connectivity index (χ0n) is 12.8. The van der Waals surface area contributed by atoms with Gasteiger partial charge in [-0.2, -0.15) is 0 Å². The summed E-state index contributed by atoms with van der Waals surface area (Å²) < 4.78 is 0. The van der Waals surface area contributed by atoms with Gasteiger partial charge in [-0.1, -0.05) is 34.1 Å². The molecule has 106 valence electrons. The van der Waals surface area contributed by atoms with E-state index in [9.17, 15) is 0 Å². The van der Waals surface area contributed by atoms with E-state index in [0.717, 1.165) is 5.92 Å². The van der Waals surface area contributed by atoms with E-state index in [-0.39, 0.29) is 0 Å². The highest BCUT2D eigenvalue weighted by molar-refractivity contribution is 5.07. The molecule has 0 amide bonds. The summed E-state index contributed by atoms with van der Waals surface area (Å²) in [5.41, 5.74) is 7.33. The maximum atomic E-state index is 6.46. The summed E-state index contributed by atoms with van der Waals surface area (Å²) in [5.74, 6) is 0.902. The fourth-order valence-corrected chi connectivity index (χ4v) is 4.37. The van der Waals surface area contributed by atoms with Crippen LogP contribution in [0.5, 0.6) is 0 Å². The Morgan fingerprint density at radius 1 is 1.17 bits per heavy atom. The van der Waals surface area contributed by atoms with Crippen molar-refractivity contribution < 1.29 is 0 Å². The number of nitrogens with zero attached hydrogens (tertiary/aromatic N) is 1. The Bertz CT molecular complexity index is 277. The molecule has 1 saturated carbocycles. The van der Waals surface area contributed by atoms with Crippen molar-refractivity contribution in [2.75, 3.05) is 13.1 Å². The van der Waals surface area contributed by atoms with Crippen LogP contribution in [0.3, 0.4) is 0 Å². The average molecular weight is 252 g/mol. The lowest BCUT2D eigenvalue weighted by molar-refractivity contribution is 0.0336. The molecule has 18 heavy (non-hydrogen) atoms. The van der Waals surface area contributed by atoms with Crippen LogP contribution in [-0.2, 0) is 0 Å². The second-order valence-electron chi connectivity index (χ2n) is 7.19. The maximum Gasteiger partial charge on any atom is 0.0360 e. The van der Waals surface area contributed by atoms with E-state index in [4.69, 9.17) is 5.73 Å². The van der Waals surface area contributed by atoms with Crippen molar-refractivity contribution >= 4 is 0 Å². The van der Waals surface area contributed by atoms with E-state index >= 15 is 0 Å². The lowest BCUT2D eigenvalue weighted by Crippen LogP contribution is -2.56. The molecule has 0 aromatic rings. The summed E-state index contributed by atoms with van der Waals surface area (Å²) >= 11 is 0. The summed E-state index contributed by atoms with van der Waals surface area (Å²) in [6.45, 7) is 11.9. The van der Waals surface area contributed by atoms with Gasteiger partial charge < -0.3 is 5.73 Å². The molecular weight excluding hydrogens is 220 g/mol. The Morgan fingerprint density at radius 3 is 2.28 bits per heavy atom. The molecule has 1 atom stereocenters. The van der Waals surface area contributed by atoms with Gasteiger partial charge in [0.05, 0.1) is 0 Å². The zero-order chi connectivity index (χ0) is 13.4. The largest absolute Gasteiger partial charge is 0.326 e. The van der Waals surface area contributed by atoms with E-state index in [1.54, 1.807) is 0 Å². The minimum absolute atomic E-state index is 0.356. The van der Waals surface area contributed by atoms with E-state index in [1.165, 1.54) is 51.6 Å². The molecule has 2 nitrogen and oxygen atoms in total. The van der Waals surface area contributed by atoms with Crippen LogP contribution in [0.1, 0.15) is 66.2 Å². The van der Waals surface area contributed by atoms with E-state index in [0.29, 0.717) is 17.0 Å². The van der Waals surface area contributed by atoms with Crippen LogP contribution >= 0.6 is 0 Å². The third-order valence-electron chi connectivity index (χ3n) is 6.28. The van der Waals surface area contributed by atoms with Crippen LogP contribution < -0.4 is 5.73 Å². The van der Waals surface area contributed by atoms with Gasteiger partial charge in [-0.25, -0.2) is 0 Å². The monoisotopic (exact) mass is 252 g/mol. The molecule has 0 radical (unpaired) electrons. The van der Waals surface area contributed by atoms with Gasteiger partial charge in [-0.3, -0.25) is 4.90 Å². The Morgan fingerprint density at radius 2 is 1.78 bits per heavy atom. The van der Waals surface area contributed by atoms with Crippen LogP contribution in [0.2, 0.25) is 0 Å². The van der Waals surface area contributed by atoms with E-state index in [1.807, 2.05) is 0 Å². The molecule has 2 N–H and O–H groups in total. The number of likely N-dealkylation sites (N-methyl/N-ethyl adjacent to an activating group) is 1. The molecule has 0 aromatic heterocycles. The predicted molar refractivity (Wildman–Crippen MR) is 78.6 cm³/mol. The Balaban J connectivity index is 2.05. The lowest BCUT2D eigenvalue weighted by atomic mass is 9.64. The number of nitrogens with two attached hydrogens (primary N) is 1. The molecular formula is C16H32N2. The normalized spacial score (nSPS) is 38.5. The first-order chi connectivity index (χ1) is 8.46. The van der Waals surface area contributed by atoms with Gasteiger partial charge in [0.2, 0.25) is 0 Å². The first kappa shape index (κ1) is 14.3. The summed E-state index contributed by atoms with van der Waals surface area (Å²) in [4.78, 5) is 2.67. The maximum absolute atomic E-state index is 6.46. The molecule has 1 spiro atoms. The minimum atomic E-state index is 0.356. The molecule has 1 unspecified atom stereocenters. The van der Waals surface area contributed by atoms with Crippen molar-refractivity contribution in [1.29, 1.82) is 0 Å². The minimum Gasteiger partial charge on any atom is -0.326 e. The van der Waals surface area contributed by atoms with Crippen molar-refractivity contribution in [2.24, 2.45) is 17.1 Å². The fraction of sp³-hybridized carbons (Fsp3) is 1.00. The van der Waals surface area contributed by atoms with Gasteiger partial charge in [-0.05, 0) is 50.0 Å². The summed E-state index contributed by atoms with van der Waals surface area (Å²) in [6, 6.07) is 0.420. The van der Waals surface area contributed by atoms with E-state index < -0.39 is 0 Å². The molecule has 0 bridgehead atoms. The number of likely N-dealkylation sites (tertiary alicyclic amines) is 1. The van der Waals surface area contributed by atoms with Gasteiger partial charge >= 0.3 is 0 Å². The van der Waals surface area contributed by atoms with Crippen molar-refractivity contribution in [2.45, 2.75) is 77.8 Å². The second kappa shape index (κ2) is 5.13. The van der Waals surface area contributed by atoms with E-state index in [2.05, 4.69) is 32.6 Å². The molecule has 1 aliphatic carbocycles. The van der Waals surface area contributed by atoms with Crippen molar-refractivity contribution in [3.05, 3.63) is 0 Å². The van der Waals surface area contributed by atoms with Crippen LogP contribution in [0, 0.1) is 11.3 Å². The number of rotatable bonds is 3. The standard InChI is InChI=1S/C16H32N2/c1-5-15(3,4)13-7-10-16(11-8-13)14(17)9-12-18(16)6-2/h13-14H,5-12,17H2,1-4H3. The average Bonchev–Trinajstić information content (AvgIpc) is 2.67. The second-order valence-corrected chi connectivity index (χ2v) is 7.19. The molecule has 0 aromatic carbocycles. The number of hydrogen-bond donors (Lipinski definition) is 1. The third kappa shape index (κ3) is 2.22. The van der Waals surface area contributed by atoms with Crippen LogP contribution in [0.4, 0.5) is 0 Å². The van der Waals surface area contributed by atoms with Crippen LogP contribution in [0.15, 0.2) is 0 Å². The Hall–Kier alpha value is -0.0800. The van der Waals surface area contributed by atoms with Gasteiger partial charge in [0, 0.05) is 18.1 Å². The van der Waals surface area contributed by atoms with Crippen LogP contribution in [-0.4, -0.2) is 29.6 Å². The molecule has 2 rings (SSSR count). The van der Waals surface area contributed by atoms with Crippen molar-refractivity contribution in [3.8, 4) is 0 Å². The molecule has 1 heterocycles. The summed E-state index contributed by atoms with van der Waals surface area (Å²) in [5, 5.41) is 0. The highest BCUT2D eigenvalue weighted by atomic mass is 15.2. The Kier molecular flexibility index (Phi) is 4.08. The van der Waals surface area contributed by atoms with Gasteiger partial charge in [0.25, 0.3) is 0 Å². The fourth-order valence-electron chi connectivity index (χ4n) is 4.37. The molecule has 2 fully saturated rings. The molecule has 2 heteroatoms. The predicted octanol–water partition coefficient (Wildman–Crippen LogP) is 3.40. The lowest BCUT2D eigenvalue weighted by Gasteiger charge is -2.49. The zero-order valence-corrected chi connectivity index (χ0v) is 12.8.